The fourth-order valence-corrected chi connectivity index (χ4v) is 4.03. The molecule has 1 aliphatic rings. The molecule has 0 aromatic heterocycles. The molecule has 0 aliphatic carbocycles. The van der Waals surface area contributed by atoms with Crippen LogP contribution in [0.1, 0.15) is 32.3 Å². The summed E-state index contributed by atoms with van der Waals surface area (Å²) in [6, 6.07) is 13.5. The van der Waals surface area contributed by atoms with Gasteiger partial charge in [0, 0.05) is 37.7 Å². The maximum atomic E-state index is 13.5. The minimum absolute atomic E-state index is 0.00601. The first kappa shape index (κ1) is 23.4. The fraction of sp³-hybridized carbons (Fsp3) is 0.440. The standard InChI is InChI=1S/C25H32N2O5/c1-6-17(2)26(15-18-10-8-7-9-11-18)25(29)19-12-23(28)27(16-19)20-13-21(30-3)24(32-5)22(14-20)31-4/h7-11,13-14,17,19H,6,12,15-16H2,1-5H3. The third-order valence-electron chi connectivity index (χ3n) is 6.04. The van der Waals surface area contributed by atoms with Crippen molar-refractivity contribution in [3.63, 3.8) is 0 Å². The molecule has 0 saturated carbocycles. The molecule has 0 spiro atoms. The van der Waals surface area contributed by atoms with Gasteiger partial charge in [-0.25, -0.2) is 0 Å². The monoisotopic (exact) mass is 440 g/mol. The maximum Gasteiger partial charge on any atom is 0.228 e. The van der Waals surface area contributed by atoms with Gasteiger partial charge in [-0.3, -0.25) is 9.59 Å². The van der Waals surface area contributed by atoms with Gasteiger partial charge in [-0.1, -0.05) is 37.3 Å². The molecule has 2 aromatic rings. The largest absolute Gasteiger partial charge is 0.493 e. The SMILES string of the molecule is CCC(C)N(Cc1ccccc1)C(=O)C1CC(=O)N(c2cc(OC)c(OC)c(OC)c2)C1. The number of nitrogens with zero attached hydrogens (tertiary/aromatic N) is 2. The Kier molecular flexibility index (Phi) is 7.62. The molecule has 1 saturated heterocycles. The van der Waals surface area contributed by atoms with E-state index in [-0.39, 0.29) is 24.3 Å². The Morgan fingerprint density at radius 3 is 2.25 bits per heavy atom. The van der Waals surface area contributed by atoms with Crippen LogP contribution in [0.4, 0.5) is 5.69 Å². The lowest BCUT2D eigenvalue weighted by molar-refractivity contribution is -0.138. The van der Waals surface area contributed by atoms with Crippen molar-refractivity contribution in [3.8, 4) is 17.2 Å². The molecular weight excluding hydrogens is 408 g/mol. The van der Waals surface area contributed by atoms with Crippen LogP contribution in [0.3, 0.4) is 0 Å². The van der Waals surface area contributed by atoms with Gasteiger partial charge in [-0.05, 0) is 18.9 Å². The second-order valence-corrected chi connectivity index (χ2v) is 8.00. The van der Waals surface area contributed by atoms with E-state index in [0.717, 1.165) is 12.0 Å². The predicted octanol–water partition coefficient (Wildman–Crippen LogP) is 3.89. The van der Waals surface area contributed by atoms with E-state index >= 15 is 0 Å². The first-order chi connectivity index (χ1) is 15.4. The van der Waals surface area contributed by atoms with Crippen LogP contribution in [-0.2, 0) is 16.1 Å². The lowest BCUT2D eigenvalue weighted by atomic mass is 10.0. The third-order valence-corrected chi connectivity index (χ3v) is 6.04. The minimum atomic E-state index is -0.403. The van der Waals surface area contributed by atoms with E-state index in [4.69, 9.17) is 14.2 Å². The summed E-state index contributed by atoms with van der Waals surface area (Å²) in [6.45, 7) is 4.97. The molecule has 7 heteroatoms. The highest BCUT2D eigenvalue weighted by molar-refractivity contribution is 6.00. The number of amides is 2. The molecule has 0 radical (unpaired) electrons. The predicted molar refractivity (Wildman–Crippen MR) is 123 cm³/mol. The zero-order valence-electron chi connectivity index (χ0n) is 19.5. The Morgan fingerprint density at radius 1 is 1.09 bits per heavy atom. The summed E-state index contributed by atoms with van der Waals surface area (Å²) in [5, 5.41) is 0. The van der Waals surface area contributed by atoms with Crippen molar-refractivity contribution in [1.82, 2.24) is 4.90 Å². The van der Waals surface area contributed by atoms with Crippen molar-refractivity contribution in [2.24, 2.45) is 5.92 Å². The molecule has 0 N–H and O–H groups in total. The summed E-state index contributed by atoms with van der Waals surface area (Å²) in [5.74, 6) is 0.903. The van der Waals surface area contributed by atoms with Gasteiger partial charge >= 0.3 is 0 Å². The van der Waals surface area contributed by atoms with E-state index in [0.29, 0.717) is 36.0 Å². The van der Waals surface area contributed by atoms with Crippen LogP contribution in [0.5, 0.6) is 17.2 Å². The zero-order valence-corrected chi connectivity index (χ0v) is 19.5. The molecule has 1 aliphatic heterocycles. The number of carbonyl (C=O) groups excluding carboxylic acids is 2. The number of anilines is 1. The molecule has 2 aromatic carbocycles. The van der Waals surface area contributed by atoms with Gasteiger partial charge in [0.15, 0.2) is 11.5 Å². The smallest absolute Gasteiger partial charge is 0.228 e. The number of hydrogen-bond acceptors (Lipinski definition) is 5. The summed E-state index contributed by atoms with van der Waals surface area (Å²) < 4.78 is 16.2. The lowest BCUT2D eigenvalue weighted by Crippen LogP contribution is -2.42. The highest BCUT2D eigenvalue weighted by atomic mass is 16.5. The molecular formula is C25H32N2O5. The zero-order chi connectivity index (χ0) is 23.3. The Morgan fingerprint density at radius 2 is 1.72 bits per heavy atom. The van der Waals surface area contributed by atoms with Gasteiger partial charge in [0.25, 0.3) is 0 Å². The molecule has 1 fully saturated rings. The van der Waals surface area contributed by atoms with Crippen LogP contribution in [0, 0.1) is 5.92 Å². The summed E-state index contributed by atoms with van der Waals surface area (Å²) in [7, 11) is 4.60. The second-order valence-electron chi connectivity index (χ2n) is 8.00. The Balaban J connectivity index is 1.84. The van der Waals surface area contributed by atoms with Crippen molar-refractivity contribution in [2.45, 2.75) is 39.3 Å². The van der Waals surface area contributed by atoms with Crippen LogP contribution in [0.25, 0.3) is 0 Å². The summed E-state index contributed by atoms with van der Waals surface area (Å²) in [4.78, 5) is 29.9. The van der Waals surface area contributed by atoms with Gasteiger partial charge in [-0.15, -0.1) is 0 Å². The van der Waals surface area contributed by atoms with Crippen LogP contribution >= 0.6 is 0 Å². The average molecular weight is 441 g/mol. The minimum Gasteiger partial charge on any atom is -0.493 e. The van der Waals surface area contributed by atoms with E-state index in [1.807, 2.05) is 35.2 Å². The number of carbonyl (C=O) groups is 2. The normalized spacial score (nSPS) is 16.6. The average Bonchev–Trinajstić information content (AvgIpc) is 3.22. The Hall–Kier alpha value is -3.22. The first-order valence-corrected chi connectivity index (χ1v) is 10.9. The van der Waals surface area contributed by atoms with Gasteiger partial charge in [-0.2, -0.15) is 0 Å². The molecule has 2 atom stereocenters. The van der Waals surface area contributed by atoms with E-state index < -0.39 is 5.92 Å². The number of methoxy groups -OCH3 is 3. The molecule has 172 valence electrons. The summed E-state index contributed by atoms with van der Waals surface area (Å²) >= 11 is 0. The van der Waals surface area contributed by atoms with E-state index in [9.17, 15) is 9.59 Å². The van der Waals surface area contributed by atoms with Crippen molar-refractivity contribution in [2.75, 3.05) is 32.8 Å². The molecule has 2 unspecified atom stereocenters. The third kappa shape index (κ3) is 4.82. The molecule has 2 amide bonds. The van der Waals surface area contributed by atoms with Gasteiger partial charge in [0.1, 0.15) is 0 Å². The summed E-state index contributed by atoms with van der Waals surface area (Å²) in [5.41, 5.74) is 1.70. The van der Waals surface area contributed by atoms with Crippen LogP contribution in [0.2, 0.25) is 0 Å². The molecule has 1 heterocycles. The number of benzene rings is 2. The maximum absolute atomic E-state index is 13.5. The number of hydrogen-bond donors (Lipinski definition) is 0. The second kappa shape index (κ2) is 10.4. The van der Waals surface area contributed by atoms with Crippen molar-refractivity contribution in [3.05, 3.63) is 48.0 Å². The van der Waals surface area contributed by atoms with Gasteiger partial charge in [0.05, 0.1) is 32.9 Å². The topological polar surface area (TPSA) is 68.3 Å². The van der Waals surface area contributed by atoms with Crippen molar-refractivity contribution < 1.29 is 23.8 Å². The fourth-order valence-electron chi connectivity index (χ4n) is 4.03. The first-order valence-electron chi connectivity index (χ1n) is 10.9. The van der Waals surface area contributed by atoms with Crippen LogP contribution in [0.15, 0.2) is 42.5 Å². The molecule has 7 nitrogen and oxygen atoms in total. The van der Waals surface area contributed by atoms with E-state index in [1.165, 1.54) is 21.3 Å². The van der Waals surface area contributed by atoms with Crippen molar-refractivity contribution in [1.29, 1.82) is 0 Å². The lowest BCUT2D eigenvalue weighted by Gasteiger charge is -2.31. The van der Waals surface area contributed by atoms with E-state index in [1.54, 1.807) is 17.0 Å². The molecule has 32 heavy (non-hydrogen) atoms. The molecule has 3 rings (SSSR count). The highest BCUT2D eigenvalue weighted by Crippen LogP contribution is 2.42. The highest BCUT2D eigenvalue weighted by Gasteiger charge is 2.38. The van der Waals surface area contributed by atoms with Crippen LogP contribution in [-0.4, -0.2) is 50.6 Å². The molecule has 0 bridgehead atoms. The van der Waals surface area contributed by atoms with E-state index in [2.05, 4.69) is 13.8 Å². The van der Waals surface area contributed by atoms with Crippen LogP contribution < -0.4 is 19.1 Å². The quantitative estimate of drug-likeness (QED) is 0.592. The number of rotatable bonds is 9. The summed E-state index contributed by atoms with van der Waals surface area (Å²) in [6.07, 6.45) is 1.02. The Bertz CT molecular complexity index is 922. The van der Waals surface area contributed by atoms with Crippen molar-refractivity contribution >= 4 is 17.5 Å². The number of ether oxygens (including phenoxy) is 3. The van der Waals surface area contributed by atoms with Gasteiger partial charge in [0.2, 0.25) is 17.6 Å². The van der Waals surface area contributed by atoms with Gasteiger partial charge < -0.3 is 24.0 Å². The Labute approximate surface area is 189 Å².